The summed E-state index contributed by atoms with van der Waals surface area (Å²) >= 11 is 0. The molecule has 0 bridgehead atoms. The molecule has 0 saturated carbocycles. The molecular weight excluding hydrogens is 96.0 g/mol. The quantitative estimate of drug-likeness (QED) is 0.374. The molecule has 0 aromatic heterocycles. The Morgan fingerprint density at radius 1 is 2.00 bits per heavy atom. The third kappa shape index (κ3) is 1.10. The fourth-order valence-corrected chi connectivity index (χ4v) is 0.460. The van der Waals surface area contributed by atoms with Crippen LogP contribution in [0.3, 0.4) is 0 Å². The number of nitrogens with zero attached hydrogens (tertiary/aromatic N) is 1. The largest absolute Gasteiger partial charge is 0.382 e. The molecule has 2 N–H and O–H groups in total. The van der Waals surface area contributed by atoms with Crippen molar-refractivity contribution in [3.05, 3.63) is 0 Å². The van der Waals surface area contributed by atoms with Gasteiger partial charge in [-0.15, -0.1) is 0 Å². The zero-order valence-corrected chi connectivity index (χ0v) is 4.09. The molecule has 1 aliphatic rings. The van der Waals surface area contributed by atoms with Crippen molar-refractivity contribution in [3.8, 4) is 0 Å². The molecule has 0 aromatic carbocycles. The van der Waals surface area contributed by atoms with Crippen LogP contribution in [0.4, 0.5) is 0 Å². The summed E-state index contributed by atoms with van der Waals surface area (Å²) in [4.78, 5) is 4.50. The summed E-state index contributed by atoms with van der Waals surface area (Å²) in [7, 11) is 1.79. The van der Waals surface area contributed by atoms with Crippen molar-refractivity contribution in [2.75, 3.05) is 13.6 Å². The second kappa shape index (κ2) is 1.75. The normalized spacial score (nSPS) is 34.3. The van der Waals surface area contributed by atoms with Crippen molar-refractivity contribution < 1.29 is 9.94 Å². The maximum atomic E-state index is 8.57. The first-order chi connectivity index (χ1) is 3.29. The highest BCUT2D eigenvalue weighted by Gasteiger charge is 2.29. The van der Waals surface area contributed by atoms with Gasteiger partial charge in [-0.3, -0.25) is 0 Å². The molecule has 1 heterocycles. The summed E-state index contributed by atoms with van der Waals surface area (Å²) in [6, 6.07) is 0. The Balaban J connectivity index is 2.26. The summed E-state index contributed by atoms with van der Waals surface area (Å²) in [5.41, 5.74) is 2.45. The summed E-state index contributed by atoms with van der Waals surface area (Å²) in [5.74, 6) is 0. The monoisotopic (exact) mass is 104 g/mol. The number of hydrogen-bond acceptors (Lipinski definition) is 4. The molecule has 1 saturated heterocycles. The molecular formula is C3H8N2O2+. The molecule has 1 aliphatic heterocycles. The van der Waals surface area contributed by atoms with Gasteiger partial charge in [0, 0.05) is 11.9 Å². The molecule has 1 fully saturated rings. The molecule has 4 heteroatoms. The van der Waals surface area contributed by atoms with E-state index < -0.39 is 6.29 Å². The van der Waals surface area contributed by atoms with E-state index in [2.05, 4.69) is 10.4 Å². The average molecular weight is 104 g/mol. The van der Waals surface area contributed by atoms with E-state index >= 15 is 0 Å². The van der Waals surface area contributed by atoms with Gasteiger partial charge in [0.15, 0.2) is 0 Å². The lowest BCUT2D eigenvalue weighted by Crippen LogP contribution is -2.24. The lowest BCUT2D eigenvalue weighted by atomic mass is 10.6. The predicted octanol–water partition coefficient (Wildman–Crippen LogP) is -1.31. The Kier molecular flexibility index (Phi) is 1.25. The molecule has 0 spiro atoms. The van der Waals surface area contributed by atoms with Crippen LogP contribution in [0.25, 0.3) is 0 Å². The lowest BCUT2D eigenvalue weighted by molar-refractivity contribution is -0.108. The highest BCUT2D eigenvalue weighted by molar-refractivity contribution is 4.48. The van der Waals surface area contributed by atoms with E-state index in [1.54, 1.807) is 12.1 Å². The molecule has 4 nitrogen and oxygen atoms in total. The molecule has 1 radical (unpaired) electrons. The lowest BCUT2D eigenvalue weighted by Gasteiger charge is -1.90. The Bertz CT molecular complexity index is 60.0. The summed E-state index contributed by atoms with van der Waals surface area (Å²) < 4.78 is 0. The van der Waals surface area contributed by atoms with Crippen LogP contribution in [0, 0.1) is 0 Å². The smallest absolute Gasteiger partial charge is 0.319 e. The highest BCUT2D eigenvalue weighted by Crippen LogP contribution is 1.93. The fourth-order valence-electron chi connectivity index (χ4n) is 0.460. The van der Waals surface area contributed by atoms with E-state index in [0.29, 0.717) is 6.54 Å². The number of hydrazine groups is 1. The summed E-state index contributed by atoms with van der Waals surface area (Å²) in [6.07, 6.45) is -0.662. The number of aliphatic hydroxyl groups is 1. The molecule has 1 atom stereocenters. The van der Waals surface area contributed by atoms with Gasteiger partial charge in [0.25, 0.3) is 0 Å². The summed E-state index contributed by atoms with van der Waals surface area (Å²) in [6.45, 7) is 0.528. The first-order valence-electron chi connectivity index (χ1n) is 2.09. The Hall–Kier alpha value is -0.160. The fraction of sp³-hybridized carbons (Fsp3) is 1.00. The Morgan fingerprint density at radius 3 is 2.86 bits per heavy atom. The van der Waals surface area contributed by atoms with Gasteiger partial charge in [-0.1, -0.05) is 0 Å². The minimum absolute atomic E-state index is 0.528. The van der Waals surface area contributed by atoms with Gasteiger partial charge in [0.2, 0.25) is 0 Å². The topological polar surface area (TPSA) is 46.8 Å². The first-order valence-corrected chi connectivity index (χ1v) is 2.09. The van der Waals surface area contributed by atoms with E-state index in [1.165, 1.54) is 0 Å². The van der Waals surface area contributed by atoms with Gasteiger partial charge in [0.1, 0.15) is 6.54 Å². The maximum absolute atomic E-state index is 8.57. The van der Waals surface area contributed by atoms with Gasteiger partial charge in [-0.2, -0.15) is 5.01 Å². The van der Waals surface area contributed by atoms with Crippen LogP contribution >= 0.6 is 0 Å². The zero-order chi connectivity index (χ0) is 5.28. The van der Waals surface area contributed by atoms with Gasteiger partial charge in [0.05, 0.1) is 5.59 Å². The second-order valence-corrected chi connectivity index (χ2v) is 1.54. The Labute approximate surface area is 41.6 Å². The second-order valence-electron chi connectivity index (χ2n) is 1.54. The predicted molar refractivity (Wildman–Crippen MR) is 22.9 cm³/mol. The number of likely N-dealkylation sites (N-methyl/N-ethyl adjacent to an activating group) is 1. The van der Waals surface area contributed by atoms with Gasteiger partial charge in [-0.25, -0.2) is 0 Å². The molecule has 1 rings (SSSR count). The van der Waals surface area contributed by atoms with Gasteiger partial charge >= 0.3 is 6.29 Å². The van der Waals surface area contributed by atoms with Crippen molar-refractivity contribution in [2.24, 2.45) is 0 Å². The minimum atomic E-state index is -0.662. The number of β-amino-alcohol motifs (C(OH)–C–C–N with tert-alkyl or cyclic N) is 1. The SMILES string of the molecule is CN1CC(O)[O+]N1. The maximum Gasteiger partial charge on any atom is 0.382 e. The molecule has 0 aromatic rings. The van der Waals surface area contributed by atoms with E-state index in [9.17, 15) is 0 Å². The van der Waals surface area contributed by atoms with Crippen molar-refractivity contribution in [2.45, 2.75) is 6.29 Å². The standard InChI is InChI=1S/C3H8N2O2/c1-5-2-3(6)7-4-5/h3-4,6H,2H2,1H3/q+1. The molecule has 41 valence electrons. The first kappa shape index (κ1) is 4.99. The average Bonchev–Trinajstić information content (AvgIpc) is 1.87. The van der Waals surface area contributed by atoms with Crippen molar-refractivity contribution >= 4 is 0 Å². The Morgan fingerprint density at radius 2 is 2.71 bits per heavy atom. The minimum Gasteiger partial charge on any atom is -0.319 e. The van der Waals surface area contributed by atoms with Gasteiger partial charge < -0.3 is 5.11 Å². The number of aliphatic hydroxyl groups excluding tert-OH is 1. The van der Waals surface area contributed by atoms with Gasteiger partial charge in [-0.05, 0) is 0 Å². The number of hydrogen-bond donors (Lipinski definition) is 2. The molecule has 0 aliphatic carbocycles. The van der Waals surface area contributed by atoms with E-state index in [-0.39, 0.29) is 0 Å². The van der Waals surface area contributed by atoms with E-state index in [1.807, 2.05) is 0 Å². The number of rotatable bonds is 0. The van der Waals surface area contributed by atoms with Crippen molar-refractivity contribution in [3.63, 3.8) is 0 Å². The van der Waals surface area contributed by atoms with Crippen molar-refractivity contribution in [1.82, 2.24) is 10.6 Å². The third-order valence-electron chi connectivity index (χ3n) is 0.775. The van der Waals surface area contributed by atoms with Crippen LogP contribution in [0.1, 0.15) is 0 Å². The van der Waals surface area contributed by atoms with Crippen LogP contribution in [-0.2, 0) is 4.84 Å². The molecule has 0 amide bonds. The van der Waals surface area contributed by atoms with Crippen LogP contribution in [0.15, 0.2) is 0 Å². The molecule has 1 unspecified atom stereocenters. The zero-order valence-electron chi connectivity index (χ0n) is 4.09. The van der Waals surface area contributed by atoms with Crippen LogP contribution in [0.2, 0.25) is 0 Å². The van der Waals surface area contributed by atoms with E-state index in [0.717, 1.165) is 0 Å². The highest BCUT2D eigenvalue weighted by atomic mass is 16.8. The third-order valence-corrected chi connectivity index (χ3v) is 0.775. The van der Waals surface area contributed by atoms with Crippen LogP contribution < -0.4 is 5.59 Å². The summed E-state index contributed by atoms with van der Waals surface area (Å²) in [5, 5.41) is 10.2. The number of nitrogens with one attached hydrogen (secondary N) is 1. The van der Waals surface area contributed by atoms with E-state index in [4.69, 9.17) is 5.11 Å². The van der Waals surface area contributed by atoms with Crippen LogP contribution in [0.5, 0.6) is 0 Å². The molecule has 7 heavy (non-hydrogen) atoms. The van der Waals surface area contributed by atoms with Crippen LogP contribution in [-0.4, -0.2) is 30.0 Å². The van der Waals surface area contributed by atoms with Crippen molar-refractivity contribution in [1.29, 1.82) is 0 Å².